The minimum Gasteiger partial charge on any atom is -0.390 e. The van der Waals surface area contributed by atoms with Crippen molar-refractivity contribution in [2.75, 3.05) is 6.61 Å². The summed E-state index contributed by atoms with van der Waals surface area (Å²) in [4.78, 5) is 52.6. The van der Waals surface area contributed by atoms with Gasteiger partial charge < -0.3 is 24.4 Å². The fourth-order valence-electron chi connectivity index (χ4n) is 3.52. The summed E-state index contributed by atoms with van der Waals surface area (Å²) >= 11 is 0. The smallest absolute Gasteiger partial charge is 0.390 e. The summed E-state index contributed by atoms with van der Waals surface area (Å²) in [6, 6.07) is 0. The second-order valence-electron chi connectivity index (χ2n) is 9.20. The van der Waals surface area contributed by atoms with Gasteiger partial charge in [-0.3, -0.25) is 18.9 Å². The van der Waals surface area contributed by atoms with Crippen LogP contribution in [0.15, 0.2) is 15.8 Å². The molecule has 1 aromatic rings. The number of carbonyl (C=O) groups is 1. The minimum absolute atomic E-state index is 0.0283. The molecule has 1 aliphatic heterocycles. The monoisotopic (exact) mass is 550 g/mol. The molecule has 0 aliphatic carbocycles. The second-order valence-corrected chi connectivity index (χ2v) is 10.4. The van der Waals surface area contributed by atoms with Crippen LogP contribution in [-0.2, 0) is 18.6 Å². The van der Waals surface area contributed by atoms with Gasteiger partial charge in [-0.1, -0.05) is 72.6 Å². The van der Waals surface area contributed by atoms with E-state index in [1.165, 1.54) is 58.1 Å². The van der Waals surface area contributed by atoms with Gasteiger partial charge in [0.15, 0.2) is 0 Å². The maximum atomic E-state index is 11.7. The van der Waals surface area contributed by atoms with E-state index < -0.39 is 44.1 Å². The Bertz CT molecular complexity index is 908. The number of carbonyl (C=O) groups excluding carboxylic acids is 1. The van der Waals surface area contributed by atoms with E-state index in [0.29, 0.717) is 11.5 Å². The van der Waals surface area contributed by atoms with Crippen LogP contribution in [-0.4, -0.2) is 49.5 Å². The molecule has 1 aliphatic rings. The van der Waals surface area contributed by atoms with Gasteiger partial charge in [0.2, 0.25) is 0 Å². The van der Waals surface area contributed by atoms with Crippen molar-refractivity contribution in [1.82, 2.24) is 9.55 Å². The predicted molar refractivity (Wildman–Crippen MR) is 142 cm³/mol. The molecule has 0 spiro atoms. The molecule has 2 rings (SSSR count). The summed E-state index contributed by atoms with van der Waals surface area (Å²) in [5.74, 6) is 0.324. The number of ether oxygens (including phenoxy) is 1. The van der Waals surface area contributed by atoms with Gasteiger partial charge in [-0.25, -0.2) is 9.36 Å². The molecule has 0 bridgehead atoms. The van der Waals surface area contributed by atoms with Gasteiger partial charge in [-0.05, 0) is 19.8 Å². The number of hydrogen-bond acceptors (Lipinski definition) is 7. The molecule has 4 N–H and O–H groups in total. The molecule has 4 atom stereocenters. The fourth-order valence-corrected chi connectivity index (χ4v) is 3.86. The summed E-state index contributed by atoms with van der Waals surface area (Å²) < 4.78 is 21.4. The van der Waals surface area contributed by atoms with E-state index in [9.17, 15) is 24.1 Å². The van der Waals surface area contributed by atoms with Gasteiger partial charge in [0.05, 0.1) is 12.7 Å². The number of aldehydes is 1. The molecular weight excluding hydrogens is 503 g/mol. The number of rotatable bonds is 13. The quantitative estimate of drug-likeness (QED) is 0.161. The Morgan fingerprint density at radius 3 is 2.22 bits per heavy atom. The number of phosphoric ester groups is 1. The van der Waals surface area contributed by atoms with Crippen molar-refractivity contribution in [2.45, 2.75) is 117 Å². The number of hydrogen-bond donors (Lipinski definition) is 4. The number of aliphatic hydroxyl groups excluding tert-OH is 1. The highest BCUT2D eigenvalue weighted by atomic mass is 31.2. The highest BCUT2D eigenvalue weighted by Gasteiger charge is 2.37. The average molecular weight is 551 g/mol. The average Bonchev–Trinajstić information content (AvgIpc) is 3.22. The summed E-state index contributed by atoms with van der Waals surface area (Å²) in [6.45, 7) is 9.70. The van der Waals surface area contributed by atoms with E-state index in [0.717, 1.165) is 23.7 Å². The second kappa shape index (κ2) is 19.4. The van der Waals surface area contributed by atoms with Crippen molar-refractivity contribution in [2.24, 2.45) is 5.92 Å². The number of aryl methyl sites for hydroxylation is 1. The first-order valence-corrected chi connectivity index (χ1v) is 14.8. The van der Waals surface area contributed by atoms with Gasteiger partial charge >= 0.3 is 13.5 Å². The first-order chi connectivity index (χ1) is 17.4. The van der Waals surface area contributed by atoms with Crippen molar-refractivity contribution in [3.05, 3.63) is 32.6 Å². The van der Waals surface area contributed by atoms with Crippen LogP contribution in [0.5, 0.6) is 0 Å². The summed E-state index contributed by atoms with van der Waals surface area (Å²) in [6.07, 6.45) is 11.0. The summed E-state index contributed by atoms with van der Waals surface area (Å²) in [7, 11) is -4.67. The maximum absolute atomic E-state index is 11.7. The van der Waals surface area contributed by atoms with Crippen LogP contribution in [0.4, 0.5) is 0 Å². The molecule has 216 valence electrons. The number of phosphoric acid groups is 1. The van der Waals surface area contributed by atoms with E-state index >= 15 is 0 Å². The molecular formula is C25H47N2O9P. The fraction of sp³-hybridized carbons (Fsp3) is 0.800. The van der Waals surface area contributed by atoms with E-state index in [4.69, 9.17) is 14.5 Å². The van der Waals surface area contributed by atoms with Crippen LogP contribution < -0.4 is 11.2 Å². The lowest BCUT2D eigenvalue weighted by Crippen LogP contribution is -2.33. The molecule has 37 heavy (non-hydrogen) atoms. The van der Waals surface area contributed by atoms with Gasteiger partial charge in [0.1, 0.15) is 18.6 Å². The van der Waals surface area contributed by atoms with Crippen LogP contribution in [0, 0.1) is 12.8 Å². The molecule has 1 unspecified atom stereocenters. The summed E-state index contributed by atoms with van der Waals surface area (Å²) in [5.41, 5.74) is -0.918. The van der Waals surface area contributed by atoms with Crippen LogP contribution in [0.2, 0.25) is 0 Å². The van der Waals surface area contributed by atoms with Crippen molar-refractivity contribution in [1.29, 1.82) is 0 Å². The number of nitrogens with one attached hydrogen (secondary N) is 1. The zero-order chi connectivity index (χ0) is 28.4. The Balaban J connectivity index is 0.000000670. The highest BCUT2D eigenvalue weighted by Crippen LogP contribution is 2.38. The third kappa shape index (κ3) is 15.4. The van der Waals surface area contributed by atoms with Crippen molar-refractivity contribution < 1.29 is 33.5 Å². The number of H-pyrrole nitrogens is 1. The summed E-state index contributed by atoms with van der Waals surface area (Å²) in [5, 5.41) is 9.79. The topological polar surface area (TPSA) is 168 Å². The lowest BCUT2D eigenvalue weighted by Gasteiger charge is -2.16. The lowest BCUT2D eigenvalue weighted by atomic mass is 10.0. The van der Waals surface area contributed by atoms with Crippen molar-refractivity contribution in [3.63, 3.8) is 0 Å². The van der Waals surface area contributed by atoms with Crippen LogP contribution in [0.1, 0.15) is 104 Å². The molecule has 1 aromatic heterocycles. The number of aliphatic hydroxyl groups is 1. The molecule has 2 heterocycles. The number of aromatic nitrogens is 2. The first kappa shape index (κ1) is 35.4. The number of aromatic amines is 1. The molecule has 0 amide bonds. The predicted octanol–water partition coefficient (Wildman–Crippen LogP) is 3.98. The molecule has 11 nitrogen and oxygen atoms in total. The number of unbranched alkanes of at least 4 members (excludes halogenated alkanes) is 5. The van der Waals surface area contributed by atoms with Crippen LogP contribution >= 0.6 is 7.82 Å². The first-order valence-electron chi connectivity index (χ1n) is 13.2. The molecule has 1 saturated heterocycles. The Morgan fingerprint density at radius 2 is 1.73 bits per heavy atom. The highest BCUT2D eigenvalue weighted by molar-refractivity contribution is 7.46. The standard InChI is InChI=1S/C10H15N2O8P.C8H16O.C7H16/c1-5-3-12(10(15)11-9(5)14)8-2-6(13)7(20-8)4-19-21(16,17)18;1-3-5-6-8(4-2)7-9;1-3-5-7-6-4-2/h3,6-8,13H,2,4H2,1H3,(H,11,14,15)(H2,16,17,18);7-8H,3-6H2,1-2H3;3-7H2,1-2H3/t6-,7+,8+;;/m0../s1. The molecule has 0 radical (unpaired) electrons. The van der Waals surface area contributed by atoms with Crippen LogP contribution in [0.3, 0.4) is 0 Å². The van der Waals surface area contributed by atoms with Gasteiger partial charge in [-0.15, -0.1) is 0 Å². The normalized spacial score (nSPS) is 19.8. The molecule has 0 saturated carbocycles. The van der Waals surface area contributed by atoms with Gasteiger partial charge in [0.25, 0.3) is 5.56 Å². The molecule has 12 heteroatoms. The Hall–Kier alpha value is -1.62. The zero-order valence-electron chi connectivity index (χ0n) is 22.9. The Kier molecular flexibility index (Phi) is 18.6. The number of nitrogens with zero attached hydrogens (tertiary/aromatic N) is 1. The molecule has 1 fully saturated rings. The van der Waals surface area contributed by atoms with E-state index in [1.807, 2.05) is 0 Å². The Labute approximate surface area is 219 Å². The van der Waals surface area contributed by atoms with Crippen molar-refractivity contribution in [3.8, 4) is 0 Å². The van der Waals surface area contributed by atoms with Gasteiger partial charge in [0, 0.05) is 24.1 Å². The maximum Gasteiger partial charge on any atom is 0.469 e. The minimum atomic E-state index is -4.67. The molecule has 0 aromatic carbocycles. The SMILES string of the molecule is CCCCC(C=O)CC.CCCCCCC.Cc1cn([C@H]2C[C@H](O)[C@@H](COP(=O)(O)O)O2)c(=O)[nH]c1=O. The van der Waals surface area contributed by atoms with Crippen LogP contribution in [0.25, 0.3) is 0 Å². The largest absolute Gasteiger partial charge is 0.469 e. The Morgan fingerprint density at radius 1 is 1.14 bits per heavy atom. The van der Waals surface area contributed by atoms with Gasteiger partial charge in [-0.2, -0.15) is 0 Å². The zero-order valence-corrected chi connectivity index (χ0v) is 23.8. The third-order valence-corrected chi connectivity index (χ3v) is 6.41. The third-order valence-electron chi connectivity index (χ3n) is 5.92. The van der Waals surface area contributed by atoms with Crippen molar-refractivity contribution >= 4 is 14.1 Å². The van der Waals surface area contributed by atoms with E-state index in [1.54, 1.807) is 0 Å². The van der Waals surface area contributed by atoms with E-state index in [2.05, 4.69) is 37.2 Å². The van der Waals surface area contributed by atoms with E-state index in [-0.39, 0.29) is 6.42 Å². The lowest BCUT2D eigenvalue weighted by molar-refractivity contribution is -0.111.